The summed E-state index contributed by atoms with van der Waals surface area (Å²) in [5.41, 5.74) is 8.90. The van der Waals surface area contributed by atoms with Gasteiger partial charge in [-0.2, -0.15) is 23.4 Å². The number of nitrogens with one attached hydrogen (secondary N) is 1. The number of piperidine rings is 1. The maximum absolute atomic E-state index is 12.7. The lowest BCUT2D eigenvalue weighted by Crippen LogP contribution is -2.43. The second kappa shape index (κ2) is 10.3. The van der Waals surface area contributed by atoms with E-state index in [-0.39, 0.29) is 12.1 Å². The van der Waals surface area contributed by atoms with Gasteiger partial charge >= 0.3 is 6.18 Å². The maximum Gasteiger partial charge on any atom is 0.408 e. The normalized spacial score (nSPS) is 16.1. The molecule has 0 spiro atoms. The molecule has 12 heteroatoms. The van der Waals surface area contributed by atoms with Crippen molar-refractivity contribution < 1.29 is 13.2 Å². The molecule has 1 aliphatic heterocycles. The van der Waals surface area contributed by atoms with E-state index >= 15 is 0 Å². The Morgan fingerprint density at radius 3 is 2.74 bits per heavy atom. The van der Waals surface area contributed by atoms with Crippen molar-refractivity contribution in [3.63, 3.8) is 0 Å². The number of halogens is 3. The molecule has 0 aromatic carbocycles. The molecule has 0 unspecified atom stereocenters. The van der Waals surface area contributed by atoms with Crippen molar-refractivity contribution in [2.75, 3.05) is 23.3 Å². The van der Waals surface area contributed by atoms with Gasteiger partial charge in [0.2, 0.25) is 0 Å². The third kappa shape index (κ3) is 5.89. The molecule has 0 radical (unpaired) electrons. The van der Waals surface area contributed by atoms with Crippen LogP contribution in [0.15, 0.2) is 43.0 Å². The summed E-state index contributed by atoms with van der Waals surface area (Å²) in [6, 6.07) is 5.94. The van der Waals surface area contributed by atoms with E-state index in [4.69, 9.17) is 10.7 Å². The van der Waals surface area contributed by atoms with Crippen LogP contribution in [0.25, 0.3) is 11.0 Å². The molecule has 5 rings (SSSR count). The molecule has 3 N–H and O–H groups in total. The predicted octanol–water partition coefficient (Wildman–Crippen LogP) is 4.24. The molecule has 0 amide bonds. The lowest BCUT2D eigenvalue weighted by atomic mass is 10.0. The molecule has 198 valence electrons. The van der Waals surface area contributed by atoms with Crippen LogP contribution in [0.1, 0.15) is 43.9 Å². The molecule has 1 saturated heterocycles. The summed E-state index contributed by atoms with van der Waals surface area (Å²) in [6.07, 6.45) is 3.59. The van der Waals surface area contributed by atoms with E-state index in [9.17, 15) is 13.2 Å². The largest absolute Gasteiger partial charge is 0.408 e. The number of aromatic nitrogens is 6. The van der Waals surface area contributed by atoms with E-state index in [1.807, 2.05) is 36.7 Å². The molecule has 0 saturated carbocycles. The first kappa shape index (κ1) is 25.5. The fourth-order valence-electron chi connectivity index (χ4n) is 4.44. The molecule has 1 aliphatic rings. The van der Waals surface area contributed by atoms with Crippen LogP contribution < -0.4 is 16.0 Å². The van der Waals surface area contributed by atoms with Gasteiger partial charge in [0.15, 0.2) is 5.65 Å². The van der Waals surface area contributed by atoms with Crippen molar-refractivity contribution >= 4 is 28.4 Å². The van der Waals surface area contributed by atoms with Gasteiger partial charge in [0.25, 0.3) is 0 Å². The third-order valence-corrected chi connectivity index (χ3v) is 6.19. The Balaban J connectivity index is 1.44. The highest BCUT2D eigenvalue weighted by atomic mass is 19.4. The third-order valence-electron chi connectivity index (χ3n) is 6.19. The zero-order chi connectivity index (χ0) is 26.9. The van der Waals surface area contributed by atoms with E-state index in [0.29, 0.717) is 29.3 Å². The Labute approximate surface area is 217 Å². The fourth-order valence-corrected chi connectivity index (χ4v) is 4.44. The molecular formula is C26H28F3N9. The summed E-state index contributed by atoms with van der Waals surface area (Å²) in [4.78, 5) is 11.4. The van der Waals surface area contributed by atoms with E-state index in [2.05, 4.69) is 37.2 Å². The van der Waals surface area contributed by atoms with Crippen LogP contribution in [-0.2, 0) is 6.54 Å². The number of hydrogen-bond donors (Lipinski definition) is 2. The van der Waals surface area contributed by atoms with Crippen LogP contribution in [0.5, 0.6) is 0 Å². The topological polar surface area (TPSA) is 103 Å². The number of fused-ring (bicyclic) bond motifs is 1. The SMILES string of the molecule is CC(C)n1ncc2ccc(Nc3cc(N4CCC[C@H](N)C4)c(C#Cc4cnn(CC(F)(F)F)c4)cn3)nc21. The summed E-state index contributed by atoms with van der Waals surface area (Å²) in [6.45, 7) is 4.41. The summed E-state index contributed by atoms with van der Waals surface area (Å²) in [5, 5.41) is 12.4. The minimum Gasteiger partial charge on any atom is -0.369 e. The minimum atomic E-state index is -4.35. The van der Waals surface area contributed by atoms with Crippen molar-refractivity contribution in [3.8, 4) is 11.8 Å². The number of anilines is 3. The summed E-state index contributed by atoms with van der Waals surface area (Å²) < 4.78 is 40.7. The number of alkyl halides is 3. The Morgan fingerprint density at radius 1 is 1.13 bits per heavy atom. The average molecular weight is 524 g/mol. The minimum absolute atomic E-state index is 0.0372. The predicted molar refractivity (Wildman–Crippen MR) is 139 cm³/mol. The van der Waals surface area contributed by atoms with E-state index < -0.39 is 12.7 Å². The first-order chi connectivity index (χ1) is 18.1. The van der Waals surface area contributed by atoms with Gasteiger partial charge in [-0.25, -0.2) is 14.6 Å². The number of nitrogens with two attached hydrogens (primary N) is 1. The highest BCUT2D eigenvalue weighted by molar-refractivity contribution is 5.77. The van der Waals surface area contributed by atoms with Crippen molar-refractivity contribution in [1.29, 1.82) is 0 Å². The van der Waals surface area contributed by atoms with E-state index in [1.165, 1.54) is 12.4 Å². The number of pyridine rings is 2. The second-order valence-electron chi connectivity index (χ2n) is 9.64. The summed E-state index contributed by atoms with van der Waals surface area (Å²) >= 11 is 0. The van der Waals surface area contributed by atoms with Crippen LogP contribution in [0.3, 0.4) is 0 Å². The molecule has 4 aromatic heterocycles. The van der Waals surface area contributed by atoms with Crippen molar-refractivity contribution in [1.82, 2.24) is 29.5 Å². The molecule has 0 bridgehead atoms. The van der Waals surface area contributed by atoms with E-state index in [0.717, 1.165) is 40.8 Å². The number of rotatable bonds is 5. The van der Waals surface area contributed by atoms with Crippen molar-refractivity contribution in [3.05, 3.63) is 54.1 Å². The van der Waals surface area contributed by atoms with Gasteiger partial charge < -0.3 is 16.0 Å². The highest BCUT2D eigenvalue weighted by Gasteiger charge is 2.28. The summed E-state index contributed by atoms with van der Waals surface area (Å²) in [7, 11) is 0. The second-order valence-corrected chi connectivity index (χ2v) is 9.64. The van der Waals surface area contributed by atoms with Gasteiger partial charge in [0, 0.05) is 49.0 Å². The monoisotopic (exact) mass is 523 g/mol. The fraction of sp³-hybridized carbons (Fsp3) is 0.385. The van der Waals surface area contributed by atoms with Gasteiger partial charge in [-0.15, -0.1) is 0 Å². The number of hydrogen-bond acceptors (Lipinski definition) is 7. The molecule has 1 fully saturated rings. The Morgan fingerprint density at radius 2 is 1.97 bits per heavy atom. The van der Waals surface area contributed by atoms with Gasteiger partial charge in [0.1, 0.15) is 18.2 Å². The van der Waals surface area contributed by atoms with Crippen LogP contribution in [0.4, 0.5) is 30.5 Å². The molecule has 38 heavy (non-hydrogen) atoms. The van der Waals surface area contributed by atoms with Crippen LogP contribution in [0.2, 0.25) is 0 Å². The van der Waals surface area contributed by atoms with Gasteiger partial charge in [-0.05, 0) is 38.8 Å². The smallest absolute Gasteiger partial charge is 0.369 e. The average Bonchev–Trinajstić information content (AvgIpc) is 3.48. The molecular weight excluding hydrogens is 495 g/mol. The van der Waals surface area contributed by atoms with Crippen molar-refractivity contribution in [2.45, 2.75) is 51.5 Å². The van der Waals surface area contributed by atoms with Crippen molar-refractivity contribution in [2.24, 2.45) is 5.73 Å². The lowest BCUT2D eigenvalue weighted by molar-refractivity contribution is -0.142. The summed E-state index contributed by atoms with van der Waals surface area (Å²) in [5.74, 6) is 7.20. The van der Waals surface area contributed by atoms with Gasteiger partial charge in [-0.3, -0.25) is 4.68 Å². The van der Waals surface area contributed by atoms with Crippen LogP contribution >= 0.6 is 0 Å². The lowest BCUT2D eigenvalue weighted by Gasteiger charge is -2.33. The quantitative estimate of drug-likeness (QED) is 0.377. The van der Waals surface area contributed by atoms with Crippen LogP contribution in [0, 0.1) is 11.8 Å². The molecule has 0 aliphatic carbocycles. The molecule has 5 heterocycles. The number of nitrogens with zero attached hydrogens (tertiary/aromatic N) is 7. The Kier molecular flexibility index (Phi) is 6.94. The highest BCUT2D eigenvalue weighted by Crippen LogP contribution is 2.28. The first-order valence-corrected chi connectivity index (χ1v) is 12.4. The zero-order valence-corrected chi connectivity index (χ0v) is 21.1. The zero-order valence-electron chi connectivity index (χ0n) is 21.1. The van der Waals surface area contributed by atoms with E-state index in [1.54, 1.807) is 12.4 Å². The molecule has 9 nitrogen and oxygen atoms in total. The van der Waals surface area contributed by atoms with Crippen LogP contribution in [-0.4, -0.2) is 54.8 Å². The Bertz CT molecular complexity index is 1490. The standard InChI is InChI=1S/C26H28F3N9/c1-17(2)38-25-20(13-33-38)7-8-23(35-25)34-24-10-22(36-9-3-4-21(30)15-36)19(12-31-24)6-5-18-11-32-37(14-18)16-26(27,28)29/h7-8,10-14,17,21H,3-4,9,15-16,30H2,1-2H3,(H,31,34,35)/t21-/m0/s1. The van der Waals surface area contributed by atoms with Gasteiger partial charge in [0.05, 0.1) is 29.2 Å². The Hall–Kier alpha value is -4.11. The first-order valence-electron chi connectivity index (χ1n) is 12.4. The maximum atomic E-state index is 12.7. The molecule has 1 atom stereocenters. The van der Waals surface area contributed by atoms with Gasteiger partial charge in [-0.1, -0.05) is 11.8 Å². The molecule has 4 aromatic rings.